The van der Waals surface area contributed by atoms with E-state index in [0.717, 1.165) is 24.2 Å². The van der Waals surface area contributed by atoms with Crippen molar-refractivity contribution in [3.8, 4) is 11.1 Å². The summed E-state index contributed by atoms with van der Waals surface area (Å²) in [5.41, 5.74) is 3.78. The molecular formula is C26H32N4O4. The molecule has 2 aromatic carbocycles. The lowest BCUT2D eigenvalue weighted by Gasteiger charge is -2.40. The van der Waals surface area contributed by atoms with Crippen LogP contribution in [0.1, 0.15) is 38.1 Å². The van der Waals surface area contributed by atoms with Crippen LogP contribution in [-0.2, 0) is 9.53 Å². The van der Waals surface area contributed by atoms with Gasteiger partial charge in [0.25, 0.3) is 5.91 Å². The normalized spacial score (nSPS) is 18.0. The number of carbonyl (C=O) groups excluding carboxylic acids is 3. The van der Waals surface area contributed by atoms with Gasteiger partial charge >= 0.3 is 6.09 Å². The summed E-state index contributed by atoms with van der Waals surface area (Å²) >= 11 is 0. The van der Waals surface area contributed by atoms with Gasteiger partial charge in [0.2, 0.25) is 5.91 Å². The van der Waals surface area contributed by atoms with Crippen LogP contribution in [0.3, 0.4) is 0 Å². The number of nitrogens with zero attached hydrogens (tertiary/aromatic N) is 3. The van der Waals surface area contributed by atoms with Gasteiger partial charge in [-0.25, -0.2) is 4.79 Å². The number of ether oxygens (including phenoxy) is 1. The predicted molar refractivity (Wildman–Crippen MR) is 132 cm³/mol. The molecule has 4 rings (SSSR count). The van der Waals surface area contributed by atoms with E-state index in [1.54, 1.807) is 9.80 Å². The zero-order chi connectivity index (χ0) is 24.4. The van der Waals surface area contributed by atoms with Crippen molar-refractivity contribution in [1.29, 1.82) is 0 Å². The van der Waals surface area contributed by atoms with E-state index >= 15 is 0 Å². The van der Waals surface area contributed by atoms with Crippen LogP contribution in [0.25, 0.3) is 11.1 Å². The molecule has 8 nitrogen and oxygen atoms in total. The second-order valence-corrected chi connectivity index (χ2v) is 9.10. The molecule has 2 heterocycles. The summed E-state index contributed by atoms with van der Waals surface area (Å²) in [6, 6.07) is 13.1. The van der Waals surface area contributed by atoms with Crippen molar-refractivity contribution in [2.45, 2.75) is 39.8 Å². The predicted octanol–water partition coefficient (Wildman–Crippen LogP) is 3.51. The van der Waals surface area contributed by atoms with E-state index in [0.29, 0.717) is 36.6 Å². The molecule has 0 spiro atoms. The van der Waals surface area contributed by atoms with Crippen molar-refractivity contribution in [1.82, 2.24) is 10.2 Å². The summed E-state index contributed by atoms with van der Waals surface area (Å²) < 4.78 is 5.47. The number of hydrogen-bond donors (Lipinski definition) is 1. The van der Waals surface area contributed by atoms with Gasteiger partial charge in [-0.15, -0.1) is 0 Å². The summed E-state index contributed by atoms with van der Waals surface area (Å²) in [7, 11) is 0. The second-order valence-electron chi connectivity index (χ2n) is 9.10. The van der Waals surface area contributed by atoms with Crippen molar-refractivity contribution < 1.29 is 19.1 Å². The number of piperazine rings is 1. The molecule has 1 saturated heterocycles. The minimum Gasteiger partial charge on any atom is -0.446 e. The lowest BCUT2D eigenvalue weighted by molar-refractivity contribution is -0.117. The third-order valence-electron chi connectivity index (χ3n) is 6.18. The molecule has 0 radical (unpaired) electrons. The molecule has 2 aromatic rings. The Labute approximate surface area is 200 Å². The fraction of sp³-hybridized carbons (Fsp3) is 0.423. The monoisotopic (exact) mass is 464 g/mol. The Kier molecular flexibility index (Phi) is 6.88. The van der Waals surface area contributed by atoms with Crippen molar-refractivity contribution in [2.75, 3.05) is 42.5 Å². The van der Waals surface area contributed by atoms with Crippen LogP contribution in [0.2, 0.25) is 0 Å². The first-order valence-corrected chi connectivity index (χ1v) is 11.8. The molecule has 8 heteroatoms. The summed E-state index contributed by atoms with van der Waals surface area (Å²) in [4.78, 5) is 43.2. The Morgan fingerprint density at radius 3 is 2.24 bits per heavy atom. The summed E-state index contributed by atoms with van der Waals surface area (Å²) in [6.07, 6.45) is -0.679. The summed E-state index contributed by atoms with van der Waals surface area (Å²) in [6.45, 7) is 10.5. The second kappa shape index (κ2) is 9.85. The standard InChI is InChI=1S/C26H32N4O4/c1-17(2)34-26(33)29-16-18(3)30(19(4)31)23-10-9-22(15-24(23)29)20-5-7-21(8-6-20)25(32)28-13-11-27-12-14-28/h5-10,15,17-18,27H,11-14,16H2,1-4H3. The molecule has 2 aliphatic heterocycles. The largest absolute Gasteiger partial charge is 0.446 e. The van der Waals surface area contributed by atoms with E-state index in [-0.39, 0.29) is 24.0 Å². The van der Waals surface area contributed by atoms with Crippen LogP contribution in [-0.4, -0.2) is 67.7 Å². The van der Waals surface area contributed by atoms with Gasteiger partial charge < -0.3 is 19.9 Å². The van der Waals surface area contributed by atoms with Gasteiger partial charge in [0.05, 0.1) is 23.5 Å². The Balaban J connectivity index is 1.65. The van der Waals surface area contributed by atoms with Crippen molar-refractivity contribution in [3.63, 3.8) is 0 Å². The van der Waals surface area contributed by atoms with Crippen LogP contribution >= 0.6 is 0 Å². The lowest BCUT2D eigenvalue weighted by Crippen LogP contribution is -2.51. The minimum absolute atomic E-state index is 0.0344. The van der Waals surface area contributed by atoms with Crippen LogP contribution < -0.4 is 15.1 Å². The zero-order valence-corrected chi connectivity index (χ0v) is 20.2. The topological polar surface area (TPSA) is 82.2 Å². The van der Waals surface area contributed by atoms with Gasteiger partial charge in [-0.1, -0.05) is 18.2 Å². The highest BCUT2D eigenvalue weighted by atomic mass is 16.6. The number of carbonyl (C=O) groups is 3. The first-order valence-electron chi connectivity index (χ1n) is 11.8. The lowest BCUT2D eigenvalue weighted by atomic mass is 9.99. The third-order valence-corrected chi connectivity index (χ3v) is 6.18. The van der Waals surface area contributed by atoms with Gasteiger partial charge in [0.15, 0.2) is 0 Å². The number of hydrogen-bond acceptors (Lipinski definition) is 5. The van der Waals surface area contributed by atoms with Crippen LogP contribution in [0.4, 0.5) is 16.2 Å². The molecule has 1 unspecified atom stereocenters. The quantitative estimate of drug-likeness (QED) is 0.752. The van der Waals surface area contributed by atoms with E-state index in [1.807, 2.05) is 68.1 Å². The maximum Gasteiger partial charge on any atom is 0.414 e. The van der Waals surface area contributed by atoms with Crippen molar-refractivity contribution >= 4 is 29.3 Å². The molecular weight excluding hydrogens is 432 g/mol. The number of amides is 3. The Morgan fingerprint density at radius 1 is 0.971 bits per heavy atom. The van der Waals surface area contributed by atoms with Crippen LogP contribution in [0, 0.1) is 0 Å². The van der Waals surface area contributed by atoms with Gasteiger partial charge in [-0.3, -0.25) is 14.5 Å². The smallest absolute Gasteiger partial charge is 0.414 e. The highest BCUT2D eigenvalue weighted by molar-refractivity contribution is 6.03. The number of anilines is 2. The maximum absolute atomic E-state index is 12.9. The first-order chi connectivity index (χ1) is 16.3. The highest BCUT2D eigenvalue weighted by Gasteiger charge is 2.34. The number of nitrogens with one attached hydrogen (secondary N) is 1. The molecule has 1 atom stereocenters. The zero-order valence-electron chi connectivity index (χ0n) is 20.2. The van der Waals surface area contributed by atoms with Crippen LogP contribution in [0.15, 0.2) is 42.5 Å². The Bertz CT molecular complexity index is 1080. The molecule has 0 bridgehead atoms. The molecule has 34 heavy (non-hydrogen) atoms. The SMILES string of the molecule is CC(=O)N1c2ccc(-c3ccc(C(=O)N4CCNCC4)cc3)cc2N(C(=O)OC(C)C)CC1C. The molecule has 0 aliphatic carbocycles. The summed E-state index contributed by atoms with van der Waals surface area (Å²) in [5.74, 6) is -0.0404. The van der Waals surface area contributed by atoms with Crippen LogP contribution in [0.5, 0.6) is 0 Å². The molecule has 0 saturated carbocycles. The number of benzene rings is 2. The average molecular weight is 465 g/mol. The average Bonchev–Trinajstić information content (AvgIpc) is 2.82. The maximum atomic E-state index is 12.9. The molecule has 180 valence electrons. The molecule has 2 aliphatic rings. The molecule has 1 fully saturated rings. The fourth-order valence-corrected chi connectivity index (χ4v) is 4.58. The van der Waals surface area contributed by atoms with Crippen molar-refractivity contribution in [2.24, 2.45) is 0 Å². The number of rotatable bonds is 3. The third kappa shape index (κ3) is 4.77. The Hall–Kier alpha value is -3.39. The highest BCUT2D eigenvalue weighted by Crippen LogP contribution is 2.39. The first kappa shape index (κ1) is 23.8. The Morgan fingerprint density at radius 2 is 1.62 bits per heavy atom. The fourth-order valence-electron chi connectivity index (χ4n) is 4.58. The van der Waals surface area contributed by atoms with Gasteiger partial charge in [-0.05, 0) is 56.2 Å². The molecule has 0 aromatic heterocycles. The van der Waals surface area contributed by atoms with Gasteiger partial charge in [0, 0.05) is 45.2 Å². The van der Waals surface area contributed by atoms with E-state index in [2.05, 4.69) is 5.32 Å². The minimum atomic E-state index is -0.430. The van der Waals surface area contributed by atoms with Crippen molar-refractivity contribution in [3.05, 3.63) is 48.0 Å². The van der Waals surface area contributed by atoms with E-state index < -0.39 is 6.09 Å². The summed E-state index contributed by atoms with van der Waals surface area (Å²) in [5, 5.41) is 3.26. The van der Waals surface area contributed by atoms with E-state index in [4.69, 9.17) is 4.74 Å². The van der Waals surface area contributed by atoms with E-state index in [9.17, 15) is 14.4 Å². The molecule has 3 amide bonds. The van der Waals surface area contributed by atoms with Gasteiger partial charge in [0.1, 0.15) is 0 Å². The van der Waals surface area contributed by atoms with Gasteiger partial charge in [-0.2, -0.15) is 0 Å². The molecule has 1 N–H and O–H groups in total. The van der Waals surface area contributed by atoms with E-state index in [1.165, 1.54) is 6.92 Å². The number of fused-ring (bicyclic) bond motifs is 1.